The third-order valence-electron chi connectivity index (χ3n) is 3.50. The highest BCUT2D eigenvalue weighted by molar-refractivity contribution is 6.07. The molecular formula is C19H16N4O2. The predicted molar refractivity (Wildman–Crippen MR) is 96.5 cm³/mol. The van der Waals surface area contributed by atoms with E-state index in [0.717, 1.165) is 5.39 Å². The van der Waals surface area contributed by atoms with Gasteiger partial charge in [-0.2, -0.15) is 0 Å². The summed E-state index contributed by atoms with van der Waals surface area (Å²) in [6.45, 7) is 3.87. The zero-order valence-electron chi connectivity index (χ0n) is 13.4. The first-order valence-corrected chi connectivity index (χ1v) is 7.70. The molecule has 2 N–H and O–H groups in total. The van der Waals surface area contributed by atoms with E-state index in [2.05, 4.69) is 27.2 Å². The van der Waals surface area contributed by atoms with Gasteiger partial charge >= 0.3 is 0 Å². The molecule has 3 rings (SSSR count). The summed E-state index contributed by atoms with van der Waals surface area (Å²) in [5.41, 5.74) is 1.61. The highest BCUT2D eigenvalue weighted by Gasteiger charge is 2.13. The summed E-state index contributed by atoms with van der Waals surface area (Å²) in [4.78, 5) is 32.9. The van der Waals surface area contributed by atoms with Crippen LogP contribution < -0.4 is 10.6 Å². The van der Waals surface area contributed by atoms with Crippen LogP contribution in [0, 0.1) is 0 Å². The van der Waals surface area contributed by atoms with Crippen molar-refractivity contribution < 1.29 is 9.59 Å². The lowest BCUT2D eigenvalue weighted by atomic mass is 10.2. The number of nitrogens with zero attached hydrogens (tertiary/aromatic N) is 2. The SMILES string of the molecule is C=CCNC(=O)c1cccc(C(=O)Nc2cccc3cccnc23)n1. The number of amides is 2. The zero-order valence-corrected chi connectivity index (χ0v) is 13.4. The number of carbonyl (C=O) groups excluding carboxylic acids is 2. The second-order valence-electron chi connectivity index (χ2n) is 5.24. The van der Waals surface area contributed by atoms with Crippen molar-refractivity contribution in [1.82, 2.24) is 15.3 Å². The molecule has 0 bridgehead atoms. The minimum absolute atomic E-state index is 0.152. The molecule has 3 aromatic rings. The van der Waals surface area contributed by atoms with E-state index >= 15 is 0 Å². The average molecular weight is 332 g/mol. The lowest BCUT2D eigenvalue weighted by molar-refractivity contribution is 0.0953. The van der Waals surface area contributed by atoms with Crippen molar-refractivity contribution in [3.05, 3.63) is 78.8 Å². The topological polar surface area (TPSA) is 84.0 Å². The minimum Gasteiger partial charge on any atom is -0.347 e. The van der Waals surface area contributed by atoms with E-state index in [1.807, 2.05) is 24.3 Å². The molecule has 25 heavy (non-hydrogen) atoms. The second-order valence-corrected chi connectivity index (χ2v) is 5.24. The van der Waals surface area contributed by atoms with Crippen molar-refractivity contribution in [2.24, 2.45) is 0 Å². The quantitative estimate of drug-likeness (QED) is 0.704. The Kier molecular flexibility index (Phi) is 4.80. The lowest BCUT2D eigenvalue weighted by Crippen LogP contribution is -2.25. The molecule has 2 aromatic heterocycles. The van der Waals surface area contributed by atoms with Crippen molar-refractivity contribution in [2.45, 2.75) is 0 Å². The van der Waals surface area contributed by atoms with Gasteiger partial charge in [-0.1, -0.05) is 30.3 Å². The number of benzene rings is 1. The zero-order chi connectivity index (χ0) is 17.6. The van der Waals surface area contributed by atoms with Crippen LogP contribution in [0.2, 0.25) is 0 Å². The van der Waals surface area contributed by atoms with Gasteiger partial charge < -0.3 is 10.6 Å². The summed E-state index contributed by atoms with van der Waals surface area (Å²) in [5.74, 6) is -0.766. The number of carbonyl (C=O) groups is 2. The van der Waals surface area contributed by atoms with Gasteiger partial charge in [0.2, 0.25) is 0 Å². The molecule has 0 aliphatic heterocycles. The molecule has 0 atom stereocenters. The third kappa shape index (κ3) is 3.69. The van der Waals surface area contributed by atoms with Gasteiger partial charge in [-0.05, 0) is 24.3 Å². The number of nitrogens with one attached hydrogen (secondary N) is 2. The second kappa shape index (κ2) is 7.35. The number of hydrogen-bond donors (Lipinski definition) is 2. The van der Waals surface area contributed by atoms with E-state index < -0.39 is 5.91 Å². The lowest BCUT2D eigenvalue weighted by Gasteiger charge is -2.08. The summed E-state index contributed by atoms with van der Waals surface area (Å²) in [6.07, 6.45) is 3.24. The van der Waals surface area contributed by atoms with Crippen LogP contribution in [0.1, 0.15) is 21.0 Å². The molecule has 0 fully saturated rings. The fourth-order valence-electron chi connectivity index (χ4n) is 2.33. The number of fused-ring (bicyclic) bond motifs is 1. The van der Waals surface area contributed by atoms with Crippen LogP contribution >= 0.6 is 0 Å². The molecule has 0 saturated heterocycles. The van der Waals surface area contributed by atoms with Crippen molar-refractivity contribution in [3.8, 4) is 0 Å². The van der Waals surface area contributed by atoms with Crippen LogP contribution in [-0.2, 0) is 0 Å². The van der Waals surface area contributed by atoms with Crippen molar-refractivity contribution in [2.75, 3.05) is 11.9 Å². The first-order valence-electron chi connectivity index (χ1n) is 7.70. The number of pyridine rings is 2. The van der Waals surface area contributed by atoms with Crippen LogP contribution in [0.3, 0.4) is 0 Å². The summed E-state index contributed by atoms with van der Waals surface area (Å²) in [7, 11) is 0. The van der Waals surface area contributed by atoms with Crippen LogP contribution in [0.25, 0.3) is 10.9 Å². The number of aromatic nitrogens is 2. The molecule has 0 aliphatic rings. The Morgan fingerprint density at radius 2 is 1.72 bits per heavy atom. The molecule has 1 aromatic carbocycles. The van der Waals surface area contributed by atoms with E-state index in [9.17, 15) is 9.59 Å². The standard InChI is InChI=1S/C19H16N4O2/c1-2-11-21-18(24)15-9-4-10-16(22-15)19(25)23-14-8-3-6-13-7-5-12-20-17(13)14/h2-10,12H,1,11H2,(H,21,24)(H,23,25). The van der Waals surface area contributed by atoms with E-state index in [-0.39, 0.29) is 17.3 Å². The van der Waals surface area contributed by atoms with Crippen LogP contribution in [-0.4, -0.2) is 28.3 Å². The van der Waals surface area contributed by atoms with Gasteiger partial charge in [0.05, 0.1) is 11.2 Å². The molecule has 2 amide bonds. The number of anilines is 1. The molecule has 6 heteroatoms. The molecule has 0 spiro atoms. The Morgan fingerprint density at radius 3 is 2.52 bits per heavy atom. The minimum atomic E-state index is -0.406. The van der Waals surface area contributed by atoms with E-state index in [1.165, 1.54) is 0 Å². The van der Waals surface area contributed by atoms with Gasteiger partial charge in [0.25, 0.3) is 11.8 Å². The Morgan fingerprint density at radius 1 is 1.00 bits per heavy atom. The molecule has 0 saturated carbocycles. The summed E-state index contributed by atoms with van der Waals surface area (Å²) in [6, 6.07) is 14.0. The number of hydrogen-bond acceptors (Lipinski definition) is 4. The molecule has 2 heterocycles. The highest BCUT2D eigenvalue weighted by atomic mass is 16.2. The molecule has 0 aliphatic carbocycles. The maximum Gasteiger partial charge on any atom is 0.274 e. The first-order chi connectivity index (χ1) is 12.2. The van der Waals surface area contributed by atoms with Crippen molar-refractivity contribution >= 4 is 28.4 Å². The highest BCUT2D eigenvalue weighted by Crippen LogP contribution is 2.21. The Bertz CT molecular complexity index is 948. The van der Waals surface area contributed by atoms with Crippen LogP contribution in [0.4, 0.5) is 5.69 Å². The maximum absolute atomic E-state index is 12.5. The van der Waals surface area contributed by atoms with E-state index in [1.54, 1.807) is 36.5 Å². The van der Waals surface area contributed by atoms with Gasteiger partial charge in [0, 0.05) is 18.1 Å². The van der Waals surface area contributed by atoms with Crippen molar-refractivity contribution in [3.63, 3.8) is 0 Å². The average Bonchev–Trinajstić information content (AvgIpc) is 2.66. The van der Waals surface area contributed by atoms with Gasteiger partial charge in [-0.15, -0.1) is 6.58 Å². The van der Waals surface area contributed by atoms with E-state index in [4.69, 9.17) is 0 Å². The smallest absolute Gasteiger partial charge is 0.274 e. The summed E-state index contributed by atoms with van der Waals surface area (Å²) < 4.78 is 0. The van der Waals surface area contributed by atoms with Gasteiger partial charge in [0.15, 0.2) is 0 Å². The van der Waals surface area contributed by atoms with Gasteiger partial charge in [0.1, 0.15) is 11.4 Å². The number of para-hydroxylation sites is 1. The summed E-state index contributed by atoms with van der Waals surface area (Å²) >= 11 is 0. The van der Waals surface area contributed by atoms with Gasteiger partial charge in [-0.3, -0.25) is 14.6 Å². The van der Waals surface area contributed by atoms with Gasteiger partial charge in [-0.25, -0.2) is 4.98 Å². The predicted octanol–water partition coefficient (Wildman–Crippen LogP) is 2.80. The fraction of sp³-hybridized carbons (Fsp3) is 0.0526. The van der Waals surface area contributed by atoms with Crippen molar-refractivity contribution in [1.29, 1.82) is 0 Å². The fourth-order valence-corrected chi connectivity index (χ4v) is 2.33. The largest absolute Gasteiger partial charge is 0.347 e. The molecule has 0 radical (unpaired) electrons. The molecule has 6 nitrogen and oxygen atoms in total. The normalized spacial score (nSPS) is 10.2. The first kappa shape index (κ1) is 16.3. The third-order valence-corrected chi connectivity index (χ3v) is 3.50. The molecule has 124 valence electrons. The Balaban J connectivity index is 1.83. The van der Waals surface area contributed by atoms with Crippen LogP contribution in [0.5, 0.6) is 0 Å². The monoisotopic (exact) mass is 332 g/mol. The molecular weight excluding hydrogens is 316 g/mol. The van der Waals surface area contributed by atoms with Crippen LogP contribution in [0.15, 0.2) is 67.4 Å². The number of rotatable bonds is 5. The Hall–Kier alpha value is -3.54. The van der Waals surface area contributed by atoms with E-state index in [0.29, 0.717) is 17.7 Å². The Labute approximate surface area is 144 Å². The molecule has 0 unspecified atom stereocenters. The maximum atomic E-state index is 12.5. The summed E-state index contributed by atoms with van der Waals surface area (Å²) in [5, 5.41) is 6.35.